The quantitative estimate of drug-likeness (QED) is 0.350. The number of benzene rings is 2. The number of amides is 1. The van der Waals surface area contributed by atoms with Crippen LogP contribution in [0.2, 0.25) is 5.02 Å². The lowest BCUT2D eigenvalue weighted by Crippen LogP contribution is -2.30. The molecule has 32 heavy (non-hydrogen) atoms. The van der Waals surface area contributed by atoms with Gasteiger partial charge in [0.2, 0.25) is 11.6 Å². The van der Waals surface area contributed by atoms with Crippen LogP contribution in [-0.2, 0) is 0 Å². The largest absolute Gasteiger partial charge is 0.355 e. The van der Waals surface area contributed by atoms with E-state index in [0.29, 0.717) is 5.69 Å². The van der Waals surface area contributed by atoms with Gasteiger partial charge in [0.15, 0.2) is 0 Å². The lowest BCUT2D eigenvalue weighted by molar-refractivity contribution is -0.384. The molecule has 0 aliphatic carbocycles. The molecule has 1 aromatic heterocycles. The summed E-state index contributed by atoms with van der Waals surface area (Å²) in [6, 6.07) is 8.90. The second-order valence-electron chi connectivity index (χ2n) is 6.55. The summed E-state index contributed by atoms with van der Waals surface area (Å²) in [5, 5.41) is 25.5. The molecule has 3 N–H and O–H groups in total. The molecule has 2 aromatic carbocycles. The van der Waals surface area contributed by atoms with Gasteiger partial charge in [-0.25, -0.2) is 9.97 Å². The average molecular weight is 458 g/mol. The van der Waals surface area contributed by atoms with Crippen LogP contribution in [0.3, 0.4) is 0 Å². The molecule has 0 aliphatic rings. The van der Waals surface area contributed by atoms with Crippen molar-refractivity contribution < 1.29 is 14.6 Å². The van der Waals surface area contributed by atoms with Crippen molar-refractivity contribution in [1.82, 2.24) is 15.4 Å². The molecule has 13 heteroatoms. The highest BCUT2D eigenvalue weighted by molar-refractivity contribution is 6.32. The Labute approximate surface area is 185 Å². The van der Waals surface area contributed by atoms with Crippen molar-refractivity contribution in [3.8, 4) is 0 Å². The van der Waals surface area contributed by atoms with Crippen LogP contribution in [0, 0.1) is 34.1 Å². The van der Waals surface area contributed by atoms with E-state index < -0.39 is 27.1 Å². The van der Waals surface area contributed by atoms with Crippen LogP contribution < -0.4 is 16.2 Å². The van der Waals surface area contributed by atoms with E-state index in [4.69, 9.17) is 11.6 Å². The Morgan fingerprint density at radius 3 is 2.44 bits per heavy atom. The number of aromatic nitrogens is 2. The number of nitrogens with zero attached hydrogens (tertiary/aromatic N) is 4. The molecule has 0 saturated heterocycles. The second-order valence-corrected chi connectivity index (χ2v) is 6.96. The number of carbonyl (C=O) groups is 1. The summed E-state index contributed by atoms with van der Waals surface area (Å²) >= 11 is 5.74. The minimum absolute atomic E-state index is 0.0842. The van der Waals surface area contributed by atoms with Crippen molar-refractivity contribution in [2.75, 3.05) is 10.7 Å². The van der Waals surface area contributed by atoms with Crippen LogP contribution in [0.15, 0.2) is 42.7 Å². The standard InChI is InChI=1S/C19H16ClN7O5/c1-10-4-3-5-14(11(10)2)23-17-16(27(31)32)18(22-9-21-17)24-25-19(28)12-6-7-13(20)15(8-12)26(29)30/h3-9H,1-2H3,(H,25,28)(H2,21,22,23,24). The van der Waals surface area contributed by atoms with Gasteiger partial charge in [-0.1, -0.05) is 23.7 Å². The first-order valence-corrected chi connectivity index (χ1v) is 9.39. The normalized spacial score (nSPS) is 10.3. The SMILES string of the molecule is Cc1cccc(Nc2ncnc(NNC(=O)c3ccc(Cl)c([N+](=O)[O-])c3)c2[N+](=O)[O-])c1C. The van der Waals surface area contributed by atoms with Crippen LogP contribution in [0.4, 0.5) is 28.7 Å². The van der Waals surface area contributed by atoms with Gasteiger partial charge in [-0.15, -0.1) is 0 Å². The van der Waals surface area contributed by atoms with E-state index in [1.807, 2.05) is 19.9 Å². The van der Waals surface area contributed by atoms with Crippen molar-refractivity contribution in [3.63, 3.8) is 0 Å². The van der Waals surface area contributed by atoms with Crippen LogP contribution in [0.5, 0.6) is 0 Å². The van der Waals surface area contributed by atoms with Gasteiger partial charge in [-0.3, -0.25) is 35.9 Å². The topological polar surface area (TPSA) is 165 Å². The number of hydrogen-bond acceptors (Lipinski definition) is 9. The van der Waals surface area contributed by atoms with E-state index in [0.717, 1.165) is 23.5 Å². The van der Waals surface area contributed by atoms with Crippen molar-refractivity contribution in [1.29, 1.82) is 0 Å². The van der Waals surface area contributed by atoms with E-state index in [2.05, 4.69) is 26.1 Å². The fourth-order valence-corrected chi connectivity index (χ4v) is 2.92. The molecule has 0 saturated carbocycles. The summed E-state index contributed by atoms with van der Waals surface area (Å²) < 4.78 is 0. The monoisotopic (exact) mass is 457 g/mol. The minimum Gasteiger partial charge on any atom is -0.334 e. The molecule has 12 nitrogen and oxygen atoms in total. The maximum atomic E-state index is 12.4. The number of aryl methyl sites for hydroxylation is 1. The number of nitro groups is 2. The predicted octanol–water partition coefficient (Wildman–Crippen LogP) is 4.06. The average Bonchev–Trinajstić information content (AvgIpc) is 2.75. The fourth-order valence-electron chi connectivity index (χ4n) is 2.73. The van der Waals surface area contributed by atoms with Gasteiger partial charge < -0.3 is 5.32 Å². The highest BCUT2D eigenvalue weighted by Crippen LogP contribution is 2.32. The number of halogens is 1. The van der Waals surface area contributed by atoms with Crippen molar-refractivity contribution in [2.24, 2.45) is 0 Å². The smallest absolute Gasteiger partial charge is 0.334 e. The molecule has 0 aliphatic heterocycles. The Bertz CT molecular complexity index is 1230. The summed E-state index contributed by atoms with van der Waals surface area (Å²) in [7, 11) is 0. The van der Waals surface area contributed by atoms with E-state index in [1.54, 1.807) is 12.1 Å². The first-order chi connectivity index (χ1) is 15.2. The lowest BCUT2D eigenvalue weighted by Gasteiger charge is -2.13. The Morgan fingerprint density at radius 1 is 1.03 bits per heavy atom. The number of nitro benzene ring substituents is 1. The van der Waals surface area contributed by atoms with E-state index >= 15 is 0 Å². The van der Waals surface area contributed by atoms with Crippen LogP contribution in [0.1, 0.15) is 21.5 Å². The molecular formula is C19H16ClN7O5. The Hall–Kier alpha value is -4.32. The Kier molecular flexibility index (Phi) is 6.45. The van der Waals surface area contributed by atoms with Crippen molar-refractivity contribution in [3.05, 3.63) is 84.7 Å². The van der Waals surface area contributed by atoms with Gasteiger partial charge in [0.1, 0.15) is 11.3 Å². The van der Waals surface area contributed by atoms with Gasteiger partial charge in [-0.2, -0.15) is 0 Å². The highest BCUT2D eigenvalue weighted by atomic mass is 35.5. The highest BCUT2D eigenvalue weighted by Gasteiger charge is 2.24. The molecule has 1 heterocycles. The lowest BCUT2D eigenvalue weighted by atomic mass is 10.1. The van der Waals surface area contributed by atoms with Crippen LogP contribution >= 0.6 is 11.6 Å². The number of anilines is 3. The summed E-state index contributed by atoms with van der Waals surface area (Å²) in [6.07, 6.45) is 1.09. The van der Waals surface area contributed by atoms with E-state index in [1.165, 1.54) is 12.1 Å². The Morgan fingerprint density at radius 2 is 1.75 bits per heavy atom. The molecule has 0 unspecified atom stereocenters. The van der Waals surface area contributed by atoms with E-state index in [-0.39, 0.29) is 22.2 Å². The predicted molar refractivity (Wildman–Crippen MR) is 117 cm³/mol. The van der Waals surface area contributed by atoms with Crippen LogP contribution in [0.25, 0.3) is 0 Å². The summed E-state index contributed by atoms with van der Waals surface area (Å²) in [5.41, 5.74) is 6.05. The van der Waals surface area contributed by atoms with Gasteiger partial charge in [-0.05, 0) is 43.2 Å². The molecule has 164 valence electrons. The second kappa shape index (κ2) is 9.22. The molecular weight excluding hydrogens is 442 g/mol. The summed E-state index contributed by atoms with van der Waals surface area (Å²) in [6.45, 7) is 3.76. The maximum absolute atomic E-state index is 12.4. The third-order valence-corrected chi connectivity index (χ3v) is 4.88. The minimum atomic E-state index is -0.790. The number of carbonyl (C=O) groups excluding carboxylic acids is 1. The molecule has 3 aromatic rings. The maximum Gasteiger partial charge on any atom is 0.355 e. The first kappa shape index (κ1) is 22.4. The molecule has 0 bridgehead atoms. The molecule has 3 rings (SSSR count). The number of hydrogen-bond donors (Lipinski definition) is 3. The van der Waals surface area contributed by atoms with Gasteiger partial charge >= 0.3 is 5.69 Å². The molecule has 0 fully saturated rings. The van der Waals surface area contributed by atoms with E-state index in [9.17, 15) is 25.0 Å². The molecule has 0 atom stereocenters. The van der Waals surface area contributed by atoms with Gasteiger partial charge in [0, 0.05) is 17.3 Å². The van der Waals surface area contributed by atoms with Crippen molar-refractivity contribution in [2.45, 2.75) is 13.8 Å². The zero-order valence-electron chi connectivity index (χ0n) is 16.7. The fraction of sp³-hybridized carbons (Fsp3) is 0.105. The van der Waals surface area contributed by atoms with Crippen LogP contribution in [-0.4, -0.2) is 25.7 Å². The first-order valence-electron chi connectivity index (χ1n) is 9.02. The molecule has 1 amide bonds. The Balaban J connectivity index is 1.86. The number of rotatable bonds is 7. The third kappa shape index (κ3) is 4.70. The zero-order chi connectivity index (χ0) is 23.4. The van der Waals surface area contributed by atoms with Gasteiger partial charge in [0.25, 0.3) is 11.6 Å². The summed E-state index contributed by atoms with van der Waals surface area (Å²) in [5.74, 6) is -1.16. The zero-order valence-corrected chi connectivity index (χ0v) is 17.5. The summed E-state index contributed by atoms with van der Waals surface area (Å²) in [4.78, 5) is 41.4. The number of nitrogens with one attached hydrogen (secondary N) is 3. The third-order valence-electron chi connectivity index (χ3n) is 4.56. The number of hydrazine groups is 1. The molecule has 0 radical (unpaired) electrons. The van der Waals surface area contributed by atoms with Crippen molar-refractivity contribution >= 4 is 46.2 Å². The molecule has 0 spiro atoms. The van der Waals surface area contributed by atoms with Gasteiger partial charge in [0.05, 0.1) is 9.85 Å².